The Kier molecular flexibility index (Phi) is 4.05. The molecule has 0 aliphatic rings. The Bertz CT molecular complexity index is 529. The summed E-state index contributed by atoms with van der Waals surface area (Å²) in [4.78, 5) is 0. The van der Waals surface area contributed by atoms with Crippen molar-refractivity contribution in [2.45, 2.75) is 6.61 Å². The van der Waals surface area contributed by atoms with Crippen molar-refractivity contribution in [2.24, 2.45) is 0 Å². The first-order chi connectivity index (χ1) is 8.19. The van der Waals surface area contributed by atoms with E-state index in [-0.39, 0.29) is 6.61 Å². The van der Waals surface area contributed by atoms with Gasteiger partial charge in [0.1, 0.15) is 11.5 Å². The molecule has 2 rings (SSSR count). The van der Waals surface area contributed by atoms with Crippen LogP contribution < -0.4 is 4.74 Å². The highest BCUT2D eigenvalue weighted by atomic mass is 79.9. The lowest BCUT2D eigenvalue weighted by Gasteiger charge is -2.08. The van der Waals surface area contributed by atoms with Crippen molar-refractivity contribution < 1.29 is 9.84 Å². The predicted octanol–water partition coefficient (Wildman–Crippen LogP) is 4.39. The standard InChI is InChI=1S/C13H10BrClO2/c14-13-7-12(5-4-9(13)8-16)17-11-3-1-2-10(15)6-11/h1-7,16H,8H2. The summed E-state index contributed by atoms with van der Waals surface area (Å²) in [5.74, 6) is 1.37. The molecule has 0 heterocycles. The lowest BCUT2D eigenvalue weighted by molar-refractivity contribution is 0.281. The fourth-order valence-corrected chi connectivity index (χ4v) is 2.05. The van der Waals surface area contributed by atoms with Crippen molar-refractivity contribution in [3.8, 4) is 11.5 Å². The van der Waals surface area contributed by atoms with Crippen molar-refractivity contribution >= 4 is 27.5 Å². The SMILES string of the molecule is OCc1ccc(Oc2cccc(Cl)c2)cc1Br. The van der Waals surface area contributed by atoms with Crippen LogP contribution in [-0.2, 0) is 6.61 Å². The second-order valence-corrected chi connectivity index (χ2v) is 4.76. The molecule has 0 bridgehead atoms. The second-order valence-electron chi connectivity index (χ2n) is 3.47. The molecule has 0 unspecified atom stereocenters. The Morgan fingerprint density at radius 2 is 1.88 bits per heavy atom. The van der Waals surface area contributed by atoms with Gasteiger partial charge >= 0.3 is 0 Å². The molecule has 1 N–H and O–H groups in total. The van der Waals surface area contributed by atoms with E-state index >= 15 is 0 Å². The Labute approximate surface area is 113 Å². The molecule has 0 saturated heterocycles. The van der Waals surface area contributed by atoms with Crippen LogP contribution in [0.4, 0.5) is 0 Å². The van der Waals surface area contributed by atoms with E-state index in [0.29, 0.717) is 16.5 Å². The van der Waals surface area contributed by atoms with Crippen LogP contribution in [0.25, 0.3) is 0 Å². The van der Waals surface area contributed by atoms with E-state index in [2.05, 4.69) is 15.9 Å². The van der Waals surface area contributed by atoms with Gasteiger partial charge in [-0.25, -0.2) is 0 Å². The molecule has 0 amide bonds. The maximum Gasteiger partial charge on any atom is 0.128 e. The maximum absolute atomic E-state index is 9.05. The van der Waals surface area contributed by atoms with Crippen LogP contribution in [0, 0.1) is 0 Å². The van der Waals surface area contributed by atoms with E-state index in [1.54, 1.807) is 18.2 Å². The molecule has 17 heavy (non-hydrogen) atoms. The molecule has 0 fully saturated rings. The van der Waals surface area contributed by atoms with Gasteiger partial charge in [0.25, 0.3) is 0 Å². The molecule has 0 spiro atoms. The number of halogens is 2. The summed E-state index contributed by atoms with van der Waals surface area (Å²) >= 11 is 9.24. The quantitative estimate of drug-likeness (QED) is 0.911. The highest BCUT2D eigenvalue weighted by molar-refractivity contribution is 9.10. The minimum atomic E-state index is -0.00196. The number of hydrogen-bond acceptors (Lipinski definition) is 2. The molecule has 2 aromatic carbocycles. The zero-order valence-electron chi connectivity index (χ0n) is 8.86. The smallest absolute Gasteiger partial charge is 0.128 e. The Morgan fingerprint density at radius 3 is 2.53 bits per heavy atom. The number of benzene rings is 2. The van der Waals surface area contributed by atoms with Gasteiger partial charge in [0, 0.05) is 9.50 Å². The zero-order valence-corrected chi connectivity index (χ0v) is 11.2. The topological polar surface area (TPSA) is 29.5 Å². The molecule has 0 aliphatic carbocycles. The molecular weight excluding hydrogens is 303 g/mol. The predicted molar refractivity (Wildman–Crippen MR) is 71.6 cm³/mol. The molecule has 2 nitrogen and oxygen atoms in total. The summed E-state index contributed by atoms with van der Waals surface area (Å²) in [5, 5.41) is 9.68. The molecule has 0 atom stereocenters. The highest BCUT2D eigenvalue weighted by Crippen LogP contribution is 2.28. The molecule has 2 aromatic rings. The third kappa shape index (κ3) is 3.22. The Morgan fingerprint density at radius 1 is 1.12 bits per heavy atom. The largest absolute Gasteiger partial charge is 0.457 e. The summed E-state index contributed by atoms with van der Waals surface area (Å²) in [6, 6.07) is 12.6. The van der Waals surface area contributed by atoms with Gasteiger partial charge in [-0.3, -0.25) is 0 Å². The number of ether oxygens (including phenoxy) is 1. The molecule has 0 radical (unpaired) electrons. The van der Waals surface area contributed by atoms with Crippen LogP contribution >= 0.6 is 27.5 Å². The monoisotopic (exact) mass is 312 g/mol. The summed E-state index contributed by atoms with van der Waals surface area (Å²) in [5.41, 5.74) is 0.823. The lowest BCUT2D eigenvalue weighted by atomic mass is 10.2. The van der Waals surface area contributed by atoms with Crippen molar-refractivity contribution in [1.29, 1.82) is 0 Å². The van der Waals surface area contributed by atoms with E-state index in [1.165, 1.54) is 0 Å². The van der Waals surface area contributed by atoms with Crippen LogP contribution in [0.15, 0.2) is 46.9 Å². The van der Waals surface area contributed by atoms with E-state index in [1.807, 2.05) is 24.3 Å². The second kappa shape index (κ2) is 5.54. The normalized spacial score (nSPS) is 10.3. The van der Waals surface area contributed by atoms with E-state index < -0.39 is 0 Å². The molecule has 0 saturated carbocycles. The molecular formula is C13H10BrClO2. The van der Waals surface area contributed by atoms with Gasteiger partial charge in [0.05, 0.1) is 6.61 Å². The summed E-state index contributed by atoms with van der Waals surface area (Å²) < 4.78 is 6.46. The first kappa shape index (κ1) is 12.4. The van der Waals surface area contributed by atoms with Gasteiger partial charge < -0.3 is 9.84 Å². The van der Waals surface area contributed by atoms with Gasteiger partial charge in [-0.2, -0.15) is 0 Å². The molecule has 0 aromatic heterocycles. The van der Waals surface area contributed by atoms with Gasteiger partial charge in [0.2, 0.25) is 0 Å². The third-order valence-corrected chi connectivity index (χ3v) is 3.20. The van der Waals surface area contributed by atoms with Crippen LogP contribution in [0.3, 0.4) is 0 Å². The Hall–Kier alpha value is -1.03. The fraction of sp³-hybridized carbons (Fsp3) is 0.0769. The van der Waals surface area contributed by atoms with Gasteiger partial charge in [-0.15, -0.1) is 0 Å². The first-order valence-electron chi connectivity index (χ1n) is 5.02. The van der Waals surface area contributed by atoms with Crippen LogP contribution in [0.1, 0.15) is 5.56 Å². The minimum absolute atomic E-state index is 0.00196. The van der Waals surface area contributed by atoms with E-state index in [4.69, 9.17) is 21.4 Å². The average molecular weight is 314 g/mol. The maximum atomic E-state index is 9.05. The summed E-state index contributed by atoms with van der Waals surface area (Å²) in [6.45, 7) is -0.00196. The number of aliphatic hydroxyl groups excluding tert-OH is 1. The van der Waals surface area contributed by atoms with Crippen molar-refractivity contribution in [1.82, 2.24) is 0 Å². The summed E-state index contributed by atoms with van der Waals surface area (Å²) in [6.07, 6.45) is 0. The lowest BCUT2D eigenvalue weighted by Crippen LogP contribution is -1.88. The van der Waals surface area contributed by atoms with Crippen LogP contribution in [0.5, 0.6) is 11.5 Å². The molecule has 88 valence electrons. The number of hydrogen-bond donors (Lipinski definition) is 1. The Balaban J connectivity index is 2.22. The van der Waals surface area contributed by atoms with Crippen molar-refractivity contribution in [2.75, 3.05) is 0 Å². The first-order valence-corrected chi connectivity index (χ1v) is 6.19. The van der Waals surface area contributed by atoms with Gasteiger partial charge in [0.15, 0.2) is 0 Å². The van der Waals surface area contributed by atoms with Crippen molar-refractivity contribution in [3.63, 3.8) is 0 Å². The van der Waals surface area contributed by atoms with Gasteiger partial charge in [-0.1, -0.05) is 39.7 Å². The molecule has 0 aliphatic heterocycles. The number of aliphatic hydroxyl groups is 1. The average Bonchev–Trinajstić information content (AvgIpc) is 2.29. The van der Waals surface area contributed by atoms with Crippen LogP contribution in [-0.4, -0.2) is 5.11 Å². The summed E-state index contributed by atoms with van der Waals surface area (Å²) in [7, 11) is 0. The third-order valence-electron chi connectivity index (χ3n) is 2.23. The van der Waals surface area contributed by atoms with Gasteiger partial charge in [-0.05, 0) is 35.9 Å². The van der Waals surface area contributed by atoms with E-state index in [9.17, 15) is 0 Å². The highest BCUT2D eigenvalue weighted by Gasteiger charge is 2.02. The fourth-order valence-electron chi connectivity index (χ4n) is 1.39. The van der Waals surface area contributed by atoms with Crippen molar-refractivity contribution in [3.05, 3.63) is 57.5 Å². The van der Waals surface area contributed by atoms with E-state index in [0.717, 1.165) is 10.0 Å². The molecule has 4 heteroatoms. The number of rotatable bonds is 3. The van der Waals surface area contributed by atoms with Crippen LogP contribution in [0.2, 0.25) is 5.02 Å². The zero-order chi connectivity index (χ0) is 12.3. The minimum Gasteiger partial charge on any atom is -0.457 e.